The van der Waals surface area contributed by atoms with E-state index in [2.05, 4.69) is 5.32 Å². The monoisotopic (exact) mass is 410 g/mol. The molecule has 0 bridgehead atoms. The van der Waals surface area contributed by atoms with Crippen LogP contribution in [-0.2, 0) is 19.6 Å². The van der Waals surface area contributed by atoms with Crippen molar-refractivity contribution < 1.29 is 22.7 Å². The Morgan fingerprint density at radius 1 is 1.25 bits per heavy atom. The van der Waals surface area contributed by atoms with Crippen LogP contribution >= 0.6 is 0 Å². The summed E-state index contributed by atoms with van der Waals surface area (Å²) >= 11 is 0. The fraction of sp³-hybridized carbons (Fsp3) is 0.600. The molecule has 156 valence electrons. The molecule has 2 rings (SSSR count). The molecule has 1 N–H and O–H groups in total. The lowest BCUT2D eigenvalue weighted by Crippen LogP contribution is -2.41. The second kappa shape index (κ2) is 10.0. The number of nitrogens with one attached hydrogen (secondary N) is 1. The van der Waals surface area contributed by atoms with Crippen molar-refractivity contribution in [2.45, 2.75) is 69.9 Å². The molecule has 1 aliphatic rings. The number of sulfonamides is 1. The number of carbonyl (C=O) groups is 2. The molecule has 0 radical (unpaired) electrons. The lowest BCUT2D eigenvalue weighted by molar-refractivity contribution is -0.124. The predicted molar refractivity (Wildman–Crippen MR) is 106 cm³/mol. The summed E-state index contributed by atoms with van der Waals surface area (Å²) in [4.78, 5) is 24.1. The maximum Gasteiger partial charge on any atom is 0.338 e. The zero-order chi connectivity index (χ0) is 20.7. The predicted octanol–water partition coefficient (Wildman–Crippen LogP) is 2.71. The van der Waals surface area contributed by atoms with Gasteiger partial charge in [-0.3, -0.25) is 4.79 Å². The van der Waals surface area contributed by atoms with Crippen LogP contribution in [0, 0.1) is 0 Å². The Balaban J connectivity index is 1.96. The summed E-state index contributed by atoms with van der Waals surface area (Å²) in [6.07, 6.45) is 4.54. The summed E-state index contributed by atoms with van der Waals surface area (Å²) in [5.41, 5.74) is 0.208. The molecule has 1 aliphatic heterocycles. The lowest BCUT2D eigenvalue weighted by Gasteiger charge is -2.32. The van der Waals surface area contributed by atoms with E-state index in [1.165, 1.54) is 28.6 Å². The number of benzene rings is 1. The number of piperidine rings is 1. The Morgan fingerprint density at radius 2 is 1.93 bits per heavy atom. The number of hydrogen-bond acceptors (Lipinski definition) is 5. The van der Waals surface area contributed by atoms with Gasteiger partial charge in [-0.25, -0.2) is 13.2 Å². The average molecular weight is 411 g/mol. The summed E-state index contributed by atoms with van der Waals surface area (Å²) in [7, 11) is -3.58. The number of nitrogens with zero attached hydrogens (tertiary/aromatic N) is 1. The fourth-order valence-corrected chi connectivity index (χ4v) is 5.06. The highest BCUT2D eigenvalue weighted by Crippen LogP contribution is 2.25. The Labute approximate surface area is 167 Å². The van der Waals surface area contributed by atoms with Crippen LogP contribution in [0.5, 0.6) is 0 Å². The van der Waals surface area contributed by atoms with Crippen molar-refractivity contribution in [1.29, 1.82) is 0 Å². The van der Waals surface area contributed by atoms with Crippen LogP contribution in [-0.4, -0.2) is 49.8 Å². The van der Waals surface area contributed by atoms with Crippen LogP contribution in [0.2, 0.25) is 0 Å². The van der Waals surface area contributed by atoms with Crippen LogP contribution < -0.4 is 5.32 Å². The van der Waals surface area contributed by atoms with Gasteiger partial charge in [0, 0.05) is 18.6 Å². The number of carbonyl (C=O) groups excluding carboxylic acids is 2. The number of amides is 1. The maximum atomic E-state index is 12.8. The van der Waals surface area contributed by atoms with Crippen molar-refractivity contribution in [1.82, 2.24) is 9.62 Å². The van der Waals surface area contributed by atoms with Gasteiger partial charge in [-0.2, -0.15) is 4.31 Å². The molecule has 0 spiro atoms. The third-order valence-electron chi connectivity index (χ3n) is 4.90. The molecular formula is C20H30N2O5S. The van der Waals surface area contributed by atoms with E-state index >= 15 is 0 Å². The second-order valence-corrected chi connectivity index (χ2v) is 9.21. The van der Waals surface area contributed by atoms with Crippen LogP contribution in [0.25, 0.3) is 0 Å². The topological polar surface area (TPSA) is 92.8 Å². The van der Waals surface area contributed by atoms with Gasteiger partial charge in [-0.05, 0) is 57.4 Å². The summed E-state index contributed by atoms with van der Waals surface area (Å²) in [5.74, 6) is -1.01. The van der Waals surface area contributed by atoms with Crippen LogP contribution in [0.4, 0.5) is 0 Å². The maximum absolute atomic E-state index is 12.8. The molecule has 1 aromatic rings. The SMILES string of the molecule is CCCC(C)NC(=O)COC(=O)c1ccc(S(=O)(=O)N2CCCCC2C)cc1. The second-order valence-electron chi connectivity index (χ2n) is 7.32. The van der Waals surface area contributed by atoms with E-state index in [-0.39, 0.29) is 35.1 Å². The average Bonchev–Trinajstić information content (AvgIpc) is 2.66. The molecule has 1 amide bonds. The third kappa shape index (κ3) is 5.78. The molecule has 0 aliphatic carbocycles. The fourth-order valence-electron chi connectivity index (χ4n) is 3.36. The zero-order valence-electron chi connectivity index (χ0n) is 16.8. The Morgan fingerprint density at radius 3 is 2.54 bits per heavy atom. The van der Waals surface area contributed by atoms with E-state index < -0.39 is 16.0 Å². The number of hydrogen-bond donors (Lipinski definition) is 1. The van der Waals surface area contributed by atoms with Crippen LogP contribution in [0.15, 0.2) is 29.2 Å². The minimum absolute atomic E-state index is 0.0258. The molecule has 1 saturated heterocycles. The highest BCUT2D eigenvalue weighted by Gasteiger charge is 2.31. The smallest absolute Gasteiger partial charge is 0.338 e. The molecule has 1 aromatic carbocycles. The van der Waals surface area contributed by atoms with E-state index in [4.69, 9.17) is 4.74 Å². The standard InChI is InChI=1S/C20H30N2O5S/c1-4-7-15(2)21-19(23)14-27-20(24)17-9-11-18(12-10-17)28(25,26)22-13-6-5-8-16(22)3/h9-12,15-16H,4-8,13-14H2,1-3H3,(H,21,23). The van der Waals surface area contributed by atoms with Crippen molar-refractivity contribution >= 4 is 21.9 Å². The van der Waals surface area contributed by atoms with Gasteiger partial charge in [0.05, 0.1) is 10.5 Å². The normalized spacial score (nSPS) is 19.0. The van der Waals surface area contributed by atoms with Gasteiger partial charge in [0.1, 0.15) is 0 Å². The Hall–Kier alpha value is -1.93. The van der Waals surface area contributed by atoms with Crippen molar-refractivity contribution in [2.75, 3.05) is 13.2 Å². The number of esters is 1. The third-order valence-corrected chi connectivity index (χ3v) is 6.93. The van der Waals surface area contributed by atoms with Crippen LogP contribution in [0.3, 0.4) is 0 Å². The number of ether oxygens (including phenoxy) is 1. The van der Waals surface area contributed by atoms with Gasteiger partial charge in [-0.15, -0.1) is 0 Å². The number of rotatable bonds is 8. The van der Waals surface area contributed by atoms with Crippen molar-refractivity contribution in [2.24, 2.45) is 0 Å². The summed E-state index contributed by atoms with van der Waals surface area (Å²) in [6, 6.07) is 5.66. The molecule has 0 saturated carbocycles. The summed E-state index contributed by atoms with van der Waals surface area (Å²) in [6.45, 7) is 5.98. The van der Waals surface area contributed by atoms with E-state index in [9.17, 15) is 18.0 Å². The van der Waals surface area contributed by atoms with E-state index in [1.807, 2.05) is 20.8 Å². The van der Waals surface area contributed by atoms with Gasteiger partial charge < -0.3 is 10.1 Å². The molecule has 28 heavy (non-hydrogen) atoms. The van der Waals surface area contributed by atoms with Gasteiger partial charge in [0.15, 0.2) is 6.61 Å². The summed E-state index contributed by atoms with van der Waals surface area (Å²) < 4.78 is 32.1. The zero-order valence-corrected chi connectivity index (χ0v) is 17.6. The minimum Gasteiger partial charge on any atom is -0.452 e. The largest absolute Gasteiger partial charge is 0.452 e. The van der Waals surface area contributed by atoms with Crippen molar-refractivity contribution in [3.8, 4) is 0 Å². The molecule has 8 heteroatoms. The molecule has 1 fully saturated rings. The Kier molecular flexibility index (Phi) is 8.00. The first-order chi connectivity index (χ1) is 13.3. The lowest BCUT2D eigenvalue weighted by atomic mass is 10.1. The van der Waals surface area contributed by atoms with E-state index in [0.29, 0.717) is 6.54 Å². The van der Waals surface area contributed by atoms with E-state index in [0.717, 1.165) is 32.1 Å². The first kappa shape index (κ1) is 22.4. The van der Waals surface area contributed by atoms with Crippen molar-refractivity contribution in [3.63, 3.8) is 0 Å². The molecule has 7 nitrogen and oxygen atoms in total. The molecule has 2 unspecified atom stereocenters. The quantitative estimate of drug-likeness (QED) is 0.665. The van der Waals surface area contributed by atoms with Gasteiger partial charge in [0.25, 0.3) is 5.91 Å². The highest BCUT2D eigenvalue weighted by atomic mass is 32.2. The van der Waals surface area contributed by atoms with Gasteiger partial charge in [-0.1, -0.05) is 19.8 Å². The molecule has 2 atom stereocenters. The first-order valence-electron chi connectivity index (χ1n) is 9.84. The minimum atomic E-state index is -3.58. The van der Waals surface area contributed by atoms with Crippen LogP contribution in [0.1, 0.15) is 63.2 Å². The molecule has 1 heterocycles. The highest BCUT2D eigenvalue weighted by molar-refractivity contribution is 7.89. The summed E-state index contributed by atoms with van der Waals surface area (Å²) in [5, 5.41) is 2.76. The molecule has 0 aromatic heterocycles. The van der Waals surface area contributed by atoms with Crippen molar-refractivity contribution in [3.05, 3.63) is 29.8 Å². The molecular weight excluding hydrogens is 380 g/mol. The van der Waals surface area contributed by atoms with E-state index in [1.54, 1.807) is 0 Å². The first-order valence-corrected chi connectivity index (χ1v) is 11.3. The van der Waals surface area contributed by atoms with Gasteiger partial charge >= 0.3 is 5.97 Å². The Bertz CT molecular complexity index is 776. The van der Waals surface area contributed by atoms with Gasteiger partial charge in [0.2, 0.25) is 10.0 Å².